The predicted octanol–water partition coefficient (Wildman–Crippen LogP) is 3.66. The lowest BCUT2D eigenvalue weighted by atomic mass is 10.1. The molecule has 1 heterocycles. The first kappa shape index (κ1) is 20.0. The maximum atomic E-state index is 12.9. The molecule has 0 fully saturated rings. The average molecular weight is 405 g/mol. The van der Waals surface area contributed by atoms with Crippen LogP contribution in [0.15, 0.2) is 42.5 Å². The predicted molar refractivity (Wildman–Crippen MR) is 116 cm³/mol. The van der Waals surface area contributed by atoms with E-state index in [4.69, 9.17) is 9.47 Å². The topological polar surface area (TPSA) is 65.4 Å². The lowest BCUT2D eigenvalue weighted by molar-refractivity contribution is 0.0948. The van der Waals surface area contributed by atoms with Crippen LogP contribution in [0, 0.1) is 6.92 Å². The molecule has 0 atom stereocenters. The Kier molecular flexibility index (Phi) is 5.74. The van der Waals surface area contributed by atoms with E-state index in [9.17, 15) is 4.79 Å². The van der Waals surface area contributed by atoms with E-state index < -0.39 is 0 Å². The van der Waals surface area contributed by atoms with Crippen LogP contribution in [0.3, 0.4) is 0 Å². The lowest BCUT2D eigenvalue weighted by Gasteiger charge is -2.10. The van der Waals surface area contributed by atoms with E-state index in [1.165, 1.54) is 5.56 Å². The summed E-state index contributed by atoms with van der Waals surface area (Å²) in [5, 5.41) is 7.71. The van der Waals surface area contributed by atoms with Crippen LogP contribution in [-0.2, 0) is 19.3 Å². The van der Waals surface area contributed by atoms with E-state index >= 15 is 0 Å². The number of hydrogen-bond acceptors (Lipinski definition) is 4. The molecule has 0 saturated carbocycles. The van der Waals surface area contributed by atoms with E-state index in [2.05, 4.69) is 41.6 Å². The molecule has 30 heavy (non-hydrogen) atoms. The number of ether oxygens (including phenoxy) is 2. The summed E-state index contributed by atoms with van der Waals surface area (Å²) in [4.78, 5) is 12.9. The van der Waals surface area contributed by atoms with Gasteiger partial charge in [-0.25, -0.2) is 4.68 Å². The molecule has 2 aromatic carbocycles. The zero-order valence-electron chi connectivity index (χ0n) is 17.7. The third-order valence-corrected chi connectivity index (χ3v) is 5.57. The fourth-order valence-electron chi connectivity index (χ4n) is 3.96. The van der Waals surface area contributed by atoms with Gasteiger partial charge in [-0.2, -0.15) is 5.10 Å². The largest absolute Gasteiger partial charge is 0.493 e. The molecule has 1 amide bonds. The summed E-state index contributed by atoms with van der Waals surface area (Å²) in [7, 11) is 3.24. The number of aromatic nitrogens is 2. The number of carbonyl (C=O) groups is 1. The van der Waals surface area contributed by atoms with Gasteiger partial charge in [-0.15, -0.1) is 0 Å². The molecule has 1 aliphatic rings. The molecule has 6 heteroatoms. The number of benzene rings is 2. The fourth-order valence-corrected chi connectivity index (χ4v) is 3.96. The van der Waals surface area contributed by atoms with Crippen molar-refractivity contribution in [2.75, 3.05) is 20.8 Å². The highest BCUT2D eigenvalue weighted by Gasteiger charge is 2.26. The van der Waals surface area contributed by atoms with Gasteiger partial charge >= 0.3 is 0 Å². The smallest absolute Gasteiger partial charge is 0.272 e. The number of nitrogens with one attached hydrogen (secondary N) is 1. The summed E-state index contributed by atoms with van der Waals surface area (Å²) >= 11 is 0. The van der Waals surface area contributed by atoms with Crippen molar-refractivity contribution in [3.05, 3.63) is 70.5 Å². The summed E-state index contributed by atoms with van der Waals surface area (Å²) in [6, 6.07) is 14.1. The van der Waals surface area contributed by atoms with Crippen LogP contribution in [0.2, 0.25) is 0 Å². The maximum absolute atomic E-state index is 12.9. The van der Waals surface area contributed by atoms with E-state index in [-0.39, 0.29) is 5.91 Å². The van der Waals surface area contributed by atoms with E-state index in [0.717, 1.165) is 41.8 Å². The molecule has 156 valence electrons. The zero-order chi connectivity index (χ0) is 21.1. The van der Waals surface area contributed by atoms with Crippen LogP contribution in [-0.4, -0.2) is 36.5 Å². The van der Waals surface area contributed by atoms with Crippen molar-refractivity contribution in [3.63, 3.8) is 0 Å². The van der Waals surface area contributed by atoms with Crippen molar-refractivity contribution in [3.8, 4) is 17.2 Å². The Bertz CT molecular complexity index is 1050. The summed E-state index contributed by atoms with van der Waals surface area (Å²) in [6.07, 6.45) is 3.62. The van der Waals surface area contributed by atoms with Crippen molar-refractivity contribution < 1.29 is 14.3 Å². The molecule has 6 nitrogen and oxygen atoms in total. The number of hydrogen-bond donors (Lipinski definition) is 1. The van der Waals surface area contributed by atoms with Crippen LogP contribution in [0.1, 0.15) is 39.3 Å². The highest BCUT2D eigenvalue weighted by Crippen LogP contribution is 2.29. The molecule has 3 aromatic rings. The van der Waals surface area contributed by atoms with Gasteiger partial charge in [-0.3, -0.25) is 4.79 Å². The van der Waals surface area contributed by atoms with Crippen molar-refractivity contribution in [2.24, 2.45) is 0 Å². The number of nitrogens with zero attached hydrogens (tertiary/aromatic N) is 2. The van der Waals surface area contributed by atoms with Gasteiger partial charge in [-0.1, -0.05) is 23.8 Å². The Morgan fingerprint density at radius 3 is 2.57 bits per heavy atom. The number of methoxy groups -OCH3 is 2. The summed E-state index contributed by atoms with van der Waals surface area (Å²) in [5.41, 5.74) is 6.07. The molecule has 0 spiro atoms. The van der Waals surface area contributed by atoms with Crippen molar-refractivity contribution in [1.82, 2.24) is 15.1 Å². The van der Waals surface area contributed by atoms with Gasteiger partial charge in [0.2, 0.25) is 0 Å². The van der Waals surface area contributed by atoms with E-state index in [0.29, 0.717) is 30.2 Å². The molecular formula is C24H27N3O3. The third kappa shape index (κ3) is 3.90. The molecule has 4 rings (SSSR count). The van der Waals surface area contributed by atoms with Gasteiger partial charge in [0.15, 0.2) is 17.2 Å². The molecule has 1 aliphatic carbocycles. The van der Waals surface area contributed by atoms with Gasteiger partial charge in [0.25, 0.3) is 5.91 Å². The van der Waals surface area contributed by atoms with Crippen LogP contribution >= 0.6 is 0 Å². The first-order valence-electron chi connectivity index (χ1n) is 10.3. The normalized spacial score (nSPS) is 12.5. The number of rotatable bonds is 7. The van der Waals surface area contributed by atoms with Crippen LogP contribution in [0.5, 0.6) is 11.5 Å². The molecule has 0 saturated heterocycles. The fraction of sp³-hybridized carbons (Fsp3) is 0.333. The second-order valence-electron chi connectivity index (χ2n) is 7.57. The minimum atomic E-state index is -0.112. The van der Waals surface area contributed by atoms with Crippen LogP contribution in [0.4, 0.5) is 0 Å². The molecule has 0 bridgehead atoms. The van der Waals surface area contributed by atoms with Crippen molar-refractivity contribution in [2.45, 2.75) is 32.6 Å². The highest BCUT2D eigenvalue weighted by molar-refractivity contribution is 5.94. The molecule has 0 radical (unpaired) electrons. The standard InChI is InChI=1S/C24H27N3O3/c1-16-7-10-18(11-8-16)27-20-6-4-5-19(20)23(26-27)24(28)25-14-13-17-9-12-21(29-2)22(15-17)30-3/h7-12,15H,4-6,13-14H2,1-3H3,(H,25,28). The second kappa shape index (κ2) is 8.61. The number of carbonyl (C=O) groups excluding carboxylic acids is 1. The number of fused-ring (bicyclic) bond motifs is 1. The van der Waals surface area contributed by atoms with Crippen LogP contribution < -0.4 is 14.8 Å². The molecule has 0 aliphatic heterocycles. The number of aryl methyl sites for hydroxylation is 1. The Hall–Kier alpha value is -3.28. The van der Waals surface area contributed by atoms with E-state index in [1.807, 2.05) is 22.9 Å². The van der Waals surface area contributed by atoms with Gasteiger partial charge in [0.1, 0.15) is 0 Å². The highest BCUT2D eigenvalue weighted by atomic mass is 16.5. The van der Waals surface area contributed by atoms with Crippen molar-refractivity contribution in [1.29, 1.82) is 0 Å². The molecule has 0 unspecified atom stereocenters. The van der Waals surface area contributed by atoms with Gasteiger partial charge in [0.05, 0.1) is 19.9 Å². The molecule has 1 aromatic heterocycles. The lowest BCUT2D eigenvalue weighted by Crippen LogP contribution is -2.27. The van der Waals surface area contributed by atoms with Gasteiger partial charge < -0.3 is 14.8 Å². The SMILES string of the molecule is COc1ccc(CCNC(=O)c2nn(-c3ccc(C)cc3)c3c2CCC3)cc1OC. The Balaban J connectivity index is 1.47. The van der Waals surface area contributed by atoms with Gasteiger partial charge in [0, 0.05) is 17.8 Å². The summed E-state index contributed by atoms with van der Waals surface area (Å²) < 4.78 is 12.6. The first-order chi connectivity index (χ1) is 14.6. The monoisotopic (exact) mass is 405 g/mol. The summed E-state index contributed by atoms with van der Waals surface area (Å²) in [6.45, 7) is 2.59. The Morgan fingerprint density at radius 1 is 1.07 bits per heavy atom. The van der Waals surface area contributed by atoms with Crippen molar-refractivity contribution >= 4 is 5.91 Å². The minimum absolute atomic E-state index is 0.112. The Morgan fingerprint density at radius 2 is 1.83 bits per heavy atom. The minimum Gasteiger partial charge on any atom is -0.493 e. The third-order valence-electron chi connectivity index (χ3n) is 5.57. The Labute approximate surface area is 176 Å². The van der Waals surface area contributed by atoms with Gasteiger partial charge in [-0.05, 0) is 62.4 Å². The quantitative estimate of drug-likeness (QED) is 0.652. The van der Waals surface area contributed by atoms with E-state index in [1.54, 1.807) is 14.2 Å². The molecular weight excluding hydrogens is 378 g/mol. The summed E-state index contributed by atoms with van der Waals surface area (Å²) in [5.74, 6) is 1.28. The first-order valence-corrected chi connectivity index (χ1v) is 10.3. The average Bonchev–Trinajstić information content (AvgIpc) is 3.37. The second-order valence-corrected chi connectivity index (χ2v) is 7.57. The zero-order valence-corrected chi connectivity index (χ0v) is 17.7. The maximum Gasteiger partial charge on any atom is 0.272 e. The molecule has 1 N–H and O–H groups in total. The van der Waals surface area contributed by atoms with Crippen LogP contribution in [0.25, 0.3) is 5.69 Å². The number of amides is 1.